The summed E-state index contributed by atoms with van der Waals surface area (Å²) in [6.07, 6.45) is 1.51. The smallest absolute Gasteiger partial charge is 0.369 e. The zero-order valence-corrected chi connectivity index (χ0v) is 20.0. The molecule has 0 atom stereocenters. The van der Waals surface area contributed by atoms with Crippen molar-refractivity contribution in [2.45, 2.75) is 39.8 Å². The van der Waals surface area contributed by atoms with Crippen molar-refractivity contribution in [3.05, 3.63) is 49.1 Å². The van der Waals surface area contributed by atoms with Crippen LogP contribution in [0.2, 0.25) is 0 Å². The summed E-state index contributed by atoms with van der Waals surface area (Å²) < 4.78 is 41.7. The van der Waals surface area contributed by atoms with Gasteiger partial charge in [-0.2, -0.15) is 23.4 Å². The van der Waals surface area contributed by atoms with Crippen LogP contribution in [0, 0.1) is 0 Å². The molecule has 1 amide bonds. The van der Waals surface area contributed by atoms with E-state index in [1.807, 2.05) is 13.8 Å². The Kier molecular flexibility index (Phi) is 11.8. The molecule has 0 aliphatic heterocycles. The summed E-state index contributed by atoms with van der Waals surface area (Å²) in [5.74, 6) is -0.221. The number of unbranched alkanes of at least 4 members (excludes halogenated alkanes) is 1. The van der Waals surface area contributed by atoms with Crippen LogP contribution in [0.5, 0.6) is 0 Å². The third kappa shape index (κ3) is 7.87. The average molecular weight is 483 g/mol. The molecule has 0 radical (unpaired) electrons. The molecule has 34 heavy (non-hydrogen) atoms. The van der Waals surface area contributed by atoms with Crippen LogP contribution < -0.4 is 16.0 Å². The van der Waals surface area contributed by atoms with Crippen molar-refractivity contribution in [3.8, 4) is 0 Å². The van der Waals surface area contributed by atoms with E-state index < -0.39 is 23.5 Å². The number of rotatable bonds is 9. The lowest BCUT2D eigenvalue weighted by molar-refractivity contribution is -0.140. The van der Waals surface area contributed by atoms with Crippen LogP contribution in [0.3, 0.4) is 0 Å². The Morgan fingerprint density at radius 1 is 1.18 bits per heavy atom. The van der Waals surface area contributed by atoms with Crippen molar-refractivity contribution in [1.82, 2.24) is 29.7 Å². The van der Waals surface area contributed by atoms with Crippen LogP contribution in [0.25, 0.3) is 5.65 Å². The van der Waals surface area contributed by atoms with Crippen molar-refractivity contribution in [1.29, 1.82) is 0 Å². The fourth-order valence-electron chi connectivity index (χ4n) is 2.81. The molecule has 3 heterocycles. The number of fused-ring (bicyclic) bond motifs is 1. The number of hydrogen-bond donors (Lipinski definition) is 3. The monoisotopic (exact) mass is 482 g/mol. The largest absolute Gasteiger partial charge is 0.437 e. The van der Waals surface area contributed by atoms with Gasteiger partial charge in [-0.25, -0.2) is 9.50 Å². The van der Waals surface area contributed by atoms with E-state index in [0.717, 1.165) is 36.8 Å². The van der Waals surface area contributed by atoms with E-state index >= 15 is 0 Å². The van der Waals surface area contributed by atoms with E-state index in [9.17, 15) is 18.0 Å². The Balaban J connectivity index is 0.00000137. The quantitative estimate of drug-likeness (QED) is 0.309. The zero-order valence-electron chi connectivity index (χ0n) is 20.0. The van der Waals surface area contributed by atoms with E-state index in [1.54, 1.807) is 12.3 Å². The highest BCUT2D eigenvalue weighted by atomic mass is 19.4. The molecule has 3 aromatic heterocycles. The summed E-state index contributed by atoms with van der Waals surface area (Å²) in [4.78, 5) is 17.0. The molecule has 0 saturated carbocycles. The number of anilines is 2. The second-order valence-electron chi connectivity index (χ2n) is 6.69. The number of alkyl halides is 3. The Morgan fingerprint density at radius 3 is 2.53 bits per heavy atom. The maximum absolute atomic E-state index is 13.1. The third-order valence-electron chi connectivity index (χ3n) is 4.27. The highest BCUT2D eigenvalue weighted by molar-refractivity contribution is 6.08. The zero-order chi connectivity index (χ0) is 25.7. The number of nitrogens with one attached hydrogen (secondary N) is 3. The summed E-state index contributed by atoms with van der Waals surface area (Å²) >= 11 is 0. The van der Waals surface area contributed by atoms with Crippen molar-refractivity contribution in [2.24, 2.45) is 7.05 Å². The molecule has 0 fully saturated rings. The van der Waals surface area contributed by atoms with E-state index in [2.05, 4.69) is 51.2 Å². The predicted molar refractivity (Wildman–Crippen MR) is 128 cm³/mol. The van der Waals surface area contributed by atoms with E-state index in [-0.39, 0.29) is 11.2 Å². The Bertz CT molecular complexity index is 1030. The van der Waals surface area contributed by atoms with Gasteiger partial charge in [0.25, 0.3) is 5.91 Å². The Labute approximate surface area is 197 Å². The molecule has 0 aliphatic carbocycles. The number of aryl methyl sites for hydroxylation is 1. The van der Waals surface area contributed by atoms with Crippen LogP contribution in [-0.2, 0) is 13.2 Å². The lowest BCUT2D eigenvalue weighted by Crippen LogP contribution is -2.23. The van der Waals surface area contributed by atoms with Gasteiger partial charge in [-0.1, -0.05) is 27.2 Å². The normalized spacial score (nSPS) is 10.7. The highest BCUT2D eigenvalue weighted by Crippen LogP contribution is 2.33. The van der Waals surface area contributed by atoms with Crippen LogP contribution in [0.1, 0.15) is 49.7 Å². The molecule has 12 heteroatoms. The number of halogens is 3. The van der Waals surface area contributed by atoms with Gasteiger partial charge in [0, 0.05) is 32.5 Å². The summed E-state index contributed by atoms with van der Waals surface area (Å²) in [5.41, 5.74) is -1.31. The lowest BCUT2D eigenvalue weighted by Gasteiger charge is -2.08. The Morgan fingerprint density at radius 2 is 1.88 bits per heavy atom. The summed E-state index contributed by atoms with van der Waals surface area (Å²) in [7, 11) is 1.34. The minimum Gasteiger partial charge on any atom is -0.369 e. The van der Waals surface area contributed by atoms with Crippen molar-refractivity contribution < 1.29 is 18.0 Å². The fraction of sp³-hybridized carbons (Fsp3) is 0.455. The third-order valence-corrected chi connectivity index (χ3v) is 4.27. The van der Waals surface area contributed by atoms with Gasteiger partial charge < -0.3 is 16.0 Å². The average Bonchev–Trinajstić information content (AvgIpc) is 3.41. The number of nitrogens with zero attached hydrogens (tertiary/aromatic N) is 5. The SMILES string of the molecule is C=C.CC.CCCCNCCNc1ccn2ncc(C(=O)Nc3cn(C)nc3C(F)(F)F)c2n1. The van der Waals surface area contributed by atoms with E-state index in [0.29, 0.717) is 12.4 Å². The van der Waals surface area contributed by atoms with Gasteiger partial charge in [-0.05, 0) is 19.0 Å². The number of carbonyl (C=O) groups excluding carboxylic acids is 1. The van der Waals surface area contributed by atoms with E-state index in [4.69, 9.17) is 0 Å². The van der Waals surface area contributed by atoms with Gasteiger partial charge in [0.05, 0.1) is 11.9 Å². The molecule has 0 unspecified atom stereocenters. The van der Waals surface area contributed by atoms with Gasteiger partial charge in [-0.3, -0.25) is 9.48 Å². The molecule has 0 aromatic carbocycles. The molecule has 0 bridgehead atoms. The Hall–Kier alpha value is -3.41. The molecule has 3 N–H and O–H groups in total. The molecule has 188 valence electrons. The number of amides is 1. The van der Waals surface area contributed by atoms with E-state index in [1.165, 1.54) is 17.8 Å². The number of aromatic nitrogens is 5. The van der Waals surface area contributed by atoms with Crippen LogP contribution in [-0.4, -0.2) is 49.9 Å². The molecule has 0 saturated heterocycles. The molecular weight excluding hydrogens is 449 g/mol. The van der Waals surface area contributed by atoms with Crippen molar-refractivity contribution in [3.63, 3.8) is 0 Å². The highest BCUT2D eigenvalue weighted by Gasteiger charge is 2.37. The first kappa shape index (κ1) is 28.6. The van der Waals surface area contributed by atoms with Crippen LogP contribution >= 0.6 is 0 Å². The second-order valence-corrected chi connectivity index (χ2v) is 6.69. The summed E-state index contributed by atoms with van der Waals surface area (Å²) in [6, 6.07) is 1.70. The minimum atomic E-state index is -4.69. The van der Waals surface area contributed by atoms with Crippen molar-refractivity contribution >= 4 is 23.1 Å². The van der Waals surface area contributed by atoms with Gasteiger partial charge in [0.1, 0.15) is 11.4 Å². The number of hydrogen-bond acceptors (Lipinski definition) is 6. The molecular formula is C22H33F3N8O. The predicted octanol–water partition coefficient (Wildman–Crippen LogP) is 4.36. The van der Waals surface area contributed by atoms with Gasteiger partial charge >= 0.3 is 6.18 Å². The first-order valence-electron chi connectivity index (χ1n) is 11.0. The maximum Gasteiger partial charge on any atom is 0.437 e. The minimum absolute atomic E-state index is 0.0525. The molecule has 3 aromatic rings. The number of carbonyl (C=O) groups is 1. The van der Waals surface area contributed by atoms with Crippen LogP contribution in [0.15, 0.2) is 37.8 Å². The standard InChI is InChI=1S/C18H23F3N8O.C2H6.C2H4/c1-3-4-6-22-7-8-23-14-5-9-29-16(26-14)12(10-24-29)17(30)25-13-11-28(2)27-15(13)18(19,20)21;2*1-2/h5,9-11,22H,3-4,6-8H2,1-2H3,(H,23,26)(H,25,30);1-2H3;1-2H2. The summed E-state index contributed by atoms with van der Waals surface area (Å²) in [6.45, 7) is 14.4. The molecule has 0 aliphatic rings. The molecule has 9 nitrogen and oxygen atoms in total. The van der Waals surface area contributed by atoms with Gasteiger partial charge in [0.2, 0.25) is 0 Å². The maximum atomic E-state index is 13.1. The fourth-order valence-corrected chi connectivity index (χ4v) is 2.81. The van der Waals surface area contributed by atoms with Crippen LogP contribution in [0.4, 0.5) is 24.7 Å². The lowest BCUT2D eigenvalue weighted by atomic mass is 10.3. The molecule has 0 spiro atoms. The topological polar surface area (TPSA) is 101 Å². The van der Waals surface area contributed by atoms with Gasteiger partial charge in [0.15, 0.2) is 11.3 Å². The first-order valence-corrected chi connectivity index (χ1v) is 11.0. The summed E-state index contributed by atoms with van der Waals surface area (Å²) in [5, 5.41) is 16.1. The van der Waals surface area contributed by atoms with Gasteiger partial charge in [-0.15, -0.1) is 13.2 Å². The van der Waals surface area contributed by atoms with Crippen molar-refractivity contribution in [2.75, 3.05) is 30.3 Å². The second kappa shape index (κ2) is 14.0. The first-order chi connectivity index (χ1) is 16.3. The molecule has 3 rings (SSSR count).